The first-order valence-electron chi connectivity index (χ1n) is 5.48. The Kier molecular flexibility index (Phi) is 3.56. The molecule has 1 atom stereocenters. The minimum absolute atomic E-state index is 0.584. The summed E-state index contributed by atoms with van der Waals surface area (Å²) in [7, 11) is 1.62. The van der Waals surface area contributed by atoms with Gasteiger partial charge in [-0.2, -0.15) is 0 Å². The molecule has 2 rings (SSSR count). The molecule has 0 spiro atoms. The van der Waals surface area contributed by atoms with Crippen molar-refractivity contribution in [1.82, 2.24) is 9.97 Å². The molecule has 1 N–H and O–H groups in total. The largest absolute Gasteiger partial charge is 0.481 e. The lowest BCUT2D eigenvalue weighted by Gasteiger charge is -2.12. The zero-order valence-electron chi connectivity index (χ0n) is 9.69. The second-order valence-corrected chi connectivity index (χ2v) is 3.97. The van der Waals surface area contributed by atoms with E-state index in [9.17, 15) is 0 Å². The molecule has 0 aliphatic carbocycles. The first-order chi connectivity index (χ1) is 7.81. The molecule has 0 aromatic carbocycles. The Bertz CT molecular complexity index is 351. The van der Waals surface area contributed by atoms with Crippen molar-refractivity contribution < 1.29 is 9.47 Å². The van der Waals surface area contributed by atoms with Gasteiger partial charge in [-0.1, -0.05) is 0 Å². The van der Waals surface area contributed by atoms with Gasteiger partial charge in [0.15, 0.2) is 0 Å². The molecule has 1 saturated heterocycles. The van der Waals surface area contributed by atoms with Crippen LogP contribution in [0.15, 0.2) is 6.33 Å². The van der Waals surface area contributed by atoms with Crippen LogP contribution in [0.5, 0.6) is 5.88 Å². The van der Waals surface area contributed by atoms with Crippen LogP contribution in [-0.2, 0) is 4.74 Å². The maximum absolute atomic E-state index is 5.32. The number of hydrogen-bond acceptors (Lipinski definition) is 5. The Morgan fingerprint density at radius 2 is 2.44 bits per heavy atom. The lowest BCUT2D eigenvalue weighted by atomic mass is 10.1. The highest BCUT2D eigenvalue weighted by atomic mass is 16.5. The van der Waals surface area contributed by atoms with Gasteiger partial charge in [0, 0.05) is 19.1 Å². The third-order valence-electron chi connectivity index (χ3n) is 2.81. The molecule has 1 aliphatic rings. The molecule has 1 aliphatic heterocycles. The van der Waals surface area contributed by atoms with Crippen molar-refractivity contribution >= 4 is 5.82 Å². The van der Waals surface area contributed by atoms with Gasteiger partial charge in [-0.15, -0.1) is 0 Å². The topological polar surface area (TPSA) is 56.3 Å². The van der Waals surface area contributed by atoms with Crippen LogP contribution in [0.25, 0.3) is 0 Å². The lowest BCUT2D eigenvalue weighted by molar-refractivity contribution is 0.187. The molecular formula is C11H17N3O2. The maximum Gasteiger partial charge on any atom is 0.221 e. The third-order valence-corrected chi connectivity index (χ3v) is 2.81. The fraction of sp³-hybridized carbons (Fsp3) is 0.636. The van der Waals surface area contributed by atoms with Gasteiger partial charge in [0.05, 0.1) is 19.3 Å². The number of anilines is 1. The highest BCUT2D eigenvalue weighted by Gasteiger charge is 2.16. The maximum atomic E-state index is 5.32. The van der Waals surface area contributed by atoms with Gasteiger partial charge in [-0.3, -0.25) is 0 Å². The van der Waals surface area contributed by atoms with Crippen LogP contribution >= 0.6 is 0 Å². The van der Waals surface area contributed by atoms with Crippen LogP contribution in [0.4, 0.5) is 5.82 Å². The van der Waals surface area contributed by atoms with E-state index in [0.717, 1.165) is 37.6 Å². The van der Waals surface area contributed by atoms with E-state index in [1.807, 2.05) is 6.92 Å². The van der Waals surface area contributed by atoms with Crippen LogP contribution in [0, 0.1) is 12.8 Å². The fourth-order valence-corrected chi connectivity index (χ4v) is 1.80. The quantitative estimate of drug-likeness (QED) is 0.832. The second-order valence-electron chi connectivity index (χ2n) is 3.97. The monoisotopic (exact) mass is 223 g/mol. The summed E-state index contributed by atoms with van der Waals surface area (Å²) < 4.78 is 10.5. The second kappa shape index (κ2) is 5.12. The fourth-order valence-electron chi connectivity index (χ4n) is 1.80. The van der Waals surface area contributed by atoms with E-state index in [1.165, 1.54) is 6.33 Å². The predicted molar refractivity (Wildman–Crippen MR) is 60.7 cm³/mol. The lowest BCUT2D eigenvalue weighted by Crippen LogP contribution is -2.15. The summed E-state index contributed by atoms with van der Waals surface area (Å²) in [6, 6.07) is 0. The minimum atomic E-state index is 0.584. The Labute approximate surface area is 95.2 Å². The van der Waals surface area contributed by atoms with E-state index in [1.54, 1.807) is 7.11 Å². The van der Waals surface area contributed by atoms with Crippen LogP contribution in [0.3, 0.4) is 0 Å². The Hall–Kier alpha value is -1.36. The number of nitrogens with zero attached hydrogens (tertiary/aromatic N) is 2. The van der Waals surface area contributed by atoms with Crippen molar-refractivity contribution in [2.24, 2.45) is 5.92 Å². The highest BCUT2D eigenvalue weighted by molar-refractivity contribution is 5.47. The van der Waals surface area contributed by atoms with Crippen molar-refractivity contribution in [1.29, 1.82) is 0 Å². The van der Waals surface area contributed by atoms with Gasteiger partial charge in [0.1, 0.15) is 12.1 Å². The number of methoxy groups -OCH3 is 1. The van der Waals surface area contributed by atoms with E-state index < -0.39 is 0 Å². The molecular weight excluding hydrogens is 206 g/mol. The number of aromatic nitrogens is 2. The van der Waals surface area contributed by atoms with E-state index in [2.05, 4.69) is 15.3 Å². The van der Waals surface area contributed by atoms with Crippen molar-refractivity contribution in [3.63, 3.8) is 0 Å². The molecule has 88 valence electrons. The van der Waals surface area contributed by atoms with E-state index in [4.69, 9.17) is 9.47 Å². The SMILES string of the molecule is COc1ncnc(NCC2CCOC2)c1C. The molecule has 0 amide bonds. The molecule has 5 nitrogen and oxygen atoms in total. The average molecular weight is 223 g/mol. The standard InChI is InChI=1S/C11H17N3O2/c1-8-10(13-7-14-11(8)15-2)12-5-9-3-4-16-6-9/h7,9H,3-6H2,1-2H3,(H,12,13,14). The molecule has 1 aromatic heterocycles. The predicted octanol–water partition coefficient (Wildman–Crippen LogP) is 1.24. The molecule has 1 aromatic rings. The summed E-state index contributed by atoms with van der Waals surface area (Å²) in [6.07, 6.45) is 2.63. The smallest absolute Gasteiger partial charge is 0.221 e. The zero-order chi connectivity index (χ0) is 11.4. The number of hydrogen-bond donors (Lipinski definition) is 1. The van der Waals surface area contributed by atoms with Crippen molar-refractivity contribution in [3.8, 4) is 5.88 Å². The molecule has 0 saturated carbocycles. The van der Waals surface area contributed by atoms with E-state index >= 15 is 0 Å². The van der Waals surface area contributed by atoms with Crippen LogP contribution < -0.4 is 10.1 Å². The Morgan fingerprint density at radius 1 is 1.56 bits per heavy atom. The average Bonchev–Trinajstić information content (AvgIpc) is 2.81. The molecule has 1 fully saturated rings. The van der Waals surface area contributed by atoms with Gasteiger partial charge >= 0.3 is 0 Å². The normalized spacial score (nSPS) is 19.8. The zero-order valence-corrected chi connectivity index (χ0v) is 9.69. The van der Waals surface area contributed by atoms with Gasteiger partial charge < -0.3 is 14.8 Å². The molecule has 1 unspecified atom stereocenters. The highest BCUT2D eigenvalue weighted by Crippen LogP contribution is 2.21. The van der Waals surface area contributed by atoms with Crippen molar-refractivity contribution in [2.45, 2.75) is 13.3 Å². The molecule has 16 heavy (non-hydrogen) atoms. The summed E-state index contributed by atoms with van der Waals surface area (Å²) in [5.41, 5.74) is 0.948. The van der Waals surface area contributed by atoms with Gasteiger partial charge in [0.25, 0.3) is 0 Å². The van der Waals surface area contributed by atoms with Gasteiger partial charge in [0.2, 0.25) is 5.88 Å². The summed E-state index contributed by atoms with van der Waals surface area (Å²) in [5.74, 6) is 2.05. The van der Waals surface area contributed by atoms with E-state index in [-0.39, 0.29) is 0 Å². The summed E-state index contributed by atoms with van der Waals surface area (Å²) >= 11 is 0. The minimum Gasteiger partial charge on any atom is -0.481 e. The summed E-state index contributed by atoms with van der Waals surface area (Å²) in [4.78, 5) is 8.24. The molecule has 2 heterocycles. The van der Waals surface area contributed by atoms with Gasteiger partial charge in [-0.25, -0.2) is 9.97 Å². The first kappa shape index (κ1) is 11.1. The van der Waals surface area contributed by atoms with Gasteiger partial charge in [-0.05, 0) is 13.3 Å². The molecule has 5 heteroatoms. The Balaban J connectivity index is 1.97. The Morgan fingerprint density at radius 3 is 3.12 bits per heavy atom. The number of nitrogens with one attached hydrogen (secondary N) is 1. The summed E-state index contributed by atoms with van der Waals surface area (Å²) in [5, 5.41) is 3.32. The van der Waals surface area contributed by atoms with Crippen molar-refractivity contribution in [2.75, 3.05) is 32.2 Å². The van der Waals surface area contributed by atoms with Crippen LogP contribution in [-0.4, -0.2) is 36.8 Å². The summed E-state index contributed by atoms with van der Waals surface area (Å²) in [6.45, 7) is 4.56. The first-order valence-corrected chi connectivity index (χ1v) is 5.48. The number of ether oxygens (including phenoxy) is 2. The number of rotatable bonds is 4. The van der Waals surface area contributed by atoms with E-state index in [0.29, 0.717) is 11.8 Å². The van der Waals surface area contributed by atoms with Crippen molar-refractivity contribution in [3.05, 3.63) is 11.9 Å². The van der Waals surface area contributed by atoms with Crippen LogP contribution in [0.1, 0.15) is 12.0 Å². The third kappa shape index (κ3) is 2.41. The molecule has 0 bridgehead atoms. The van der Waals surface area contributed by atoms with Crippen LogP contribution in [0.2, 0.25) is 0 Å². The molecule has 0 radical (unpaired) electrons.